The van der Waals surface area contributed by atoms with Crippen LogP contribution in [0.4, 0.5) is 0 Å². The van der Waals surface area contributed by atoms with Crippen molar-refractivity contribution >= 4 is 5.91 Å². The normalized spacial score (nSPS) is 18.2. The van der Waals surface area contributed by atoms with E-state index in [1.165, 1.54) is 5.56 Å². The van der Waals surface area contributed by atoms with E-state index in [1.807, 2.05) is 23.1 Å². The van der Waals surface area contributed by atoms with Gasteiger partial charge in [0.1, 0.15) is 5.75 Å². The molecule has 0 saturated carbocycles. The fraction of sp³-hybridized carbons (Fsp3) is 0.235. The van der Waals surface area contributed by atoms with Crippen molar-refractivity contribution in [3.63, 3.8) is 0 Å². The van der Waals surface area contributed by atoms with E-state index in [0.717, 1.165) is 19.5 Å². The lowest BCUT2D eigenvalue weighted by molar-refractivity contribution is 0.0791. The number of carbonyl (C=O) groups excluding carboxylic acids is 1. The first kappa shape index (κ1) is 12.7. The molecule has 20 heavy (non-hydrogen) atoms. The van der Waals surface area contributed by atoms with E-state index in [9.17, 15) is 9.90 Å². The lowest BCUT2D eigenvalue weighted by atomic mass is 9.99. The number of hydrogen-bond acceptors (Lipinski definition) is 2. The highest BCUT2D eigenvalue weighted by atomic mass is 16.3. The Morgan fingerprint density at radius 1 is 1.05 bits per heavy atom. The molecule has 1 heterocycles. The van der Waals surface area contributed by atoms with Crippen molar-refractivity contribution in [3.05, 3.63) is 65.7 Å². The van der Waals surface area contributed by atoms with Crippen LogP contribution in [0, 0.1) is 0 Å². The molecular weight excluding hydrogens is 250 g/mol. The van der Waals surface area contributed by atoms with Gasteiger partial charge in [-0.15, -0.1) is 0 Å². The molecule has 1 aliphatic heterocycles. The zero-order valence-corrected chi connectivity index (χ0v) is 11.2. The molecule has 0 bridgehead atoms. The molecule has 3 heteroatoms. The predicted molar refractivity (Wildman–Crippen MR) is 77.8 cm³/mol. The van der Waals surface area contributed by atoms with Gasteiger partial charge >= 0.3 is 0 Å². The topological polar surface area (TPSA) is 40.5 Å². The second-order valence-electron chi connectivity index (χ2n) is 5.19. The fourth-order valence-corrected chi connectivity index (χ4v) is 2.73. The standard InChI is InChI=1S/C17H17NO2/c19-16-8-6-14(7-9-16)17(20)18-11-10-15(12-18)13-4-2-1-3-5-13/h1-9,15,19H,10-12H2. The molecule has 1 aliphatic rings. The summed E-state index contributed by atoms with van der Waals surface area (Å²) in [7, 11) is 0. The largest absolute Gasteiger partial charge is 0.508 e. The Kier molecular flexibility index (Phi) is 3.42. The molecule has 1 fully saturated rings. The van der Waals surface area contributed by atoms with Crippen LogP contribution >= 0.6 is 0 Å². The van der Waals surface area contributed by atoms with Crippen LogP contribution in [-0.4, -0.2) is 29.0 Å². The third kappa shape index (κ3) is 2.52. The average Bonchev–Trinajstić information content (AvgIpc) is 2.98. The van der Waals surface area contributed by atoms with Gasteiger partial charge in [0, 0.05) is 24.6 Å². The van der Waals surface area contributed by atoms with Crippen LogP contribution in [0.2, 0.25) is 0 Å². The Bertz CT molecular complexity index is 592. The maximum Gasteiger partial charge on any atom is 0.253 e. The van der Waals surface area contributed by atoms with E-state index in [-0.39, 0.29) is 11.7 Å². The summed E-state index contributed by atoms with van der Waals surface area (Å²) in [4.78, 5) is 14.3. The molecule has 3 rings (SSSR count). The second-order valence-corrected chi connectivity index (χ2v) is 5.19. The molecule has 1 amide bonds. The highest BCUT2D eigenvalue weighted by Gasteiger charge is 2.27. The van der Waals surface area contributed by atoms with Crippen molar-refractivity contribution in [1.82, 2.24) is 4.90 Å². The first-order chi connectivity index (χ1) is 9.74. The van der Waals surface area contributed by atoms with E-state index in [0.29, 0.717) is 11.5 Å². The SMILES string of the molecule is O=C(c1ccc(O)cc1)N1CCC(c2ccccc2)C1. The molecular formula is C17H17NO2. The van der Waals surface area contributed by atoms with Crippen LogP contribution < -0.4 is 0 Å². The van der Waals surface area contributed by atoms with Crippen LogP contribution in [0.5, 0.6) is 5.75 Å². The molecule has 0 spiro atoms. The van der Waals surface area contributed by atoms with E-state index >= 15 is 0 Å². The summed E-state index contributed by atoms with van der Waals surface area (Å²) >= 11 is 0. The first-order valence-electron chi connectivity index (χ1n) is 6.87. The van der Waals surface area contributed by atoms with Gasteiger partial charge in [-0.1, -0.05) is 30.3 Å². The third-order valence-electron chi connectivity index (χ3n) is 3.86. The molecule has 1 unspecified atom stereocenters. The molecule has 1 N–H and O–H groups in total. The number of likely N-dealkylation sites (tertiary alicyclic amines) is 1. The summed E-state index contributed by atoms with van der Waals surface area (Å²) in [5.41, 5.74) is 1.94. The zero-order valence-electron chi connectivity index (χ0n) is 11.2. The summed E-state index contributed by atoms with van der Waals surface area (Å²) in [6.07, 6.45) is 1.01. The minimum absolute atomic E-state index is 0.0448. The molecule has 0 aliphatic carbocycles. The van der Waals surface area contributed by atoms with Gasteiger partial charge < -0.3 is 10.0 Å². The van der Waals surface area contributed by atoms with Gasteiger partial charge in [-0.25, -0.2) is 0 Å². The van der Waals surface area contributed by atoms with E-state index in [1.54, 1.807) is 24.3 Å². The van der Waals surface area contributed by atoms with Gasteiger partial charge in [-0.2, -0.15) is 0 Å². The lowest BCUT2D eigenvalue weighted by Gasteiger charge is -2.17. The first-order valence-corrected chi connectivity index (χ1v) is 6.87. The Hall–Kier alpha value is -2.29. The van der Waals surface area contributed by atoms with Crippen molar-refractivity contribution in [1.29, 1.82) is 0 Å². The summed E-state index contributed by atoms with van der Waals surface area (Å²) in [5.74, 6) is 0.658. The molecule has 1 saturated heterocycles. The van der Waals surface area contributed by atoms with Gasteiger partial charge in [0.25, 0.3) is 5.91 Å². The number of hydrogen-bond donors (Lipinski definition) is 1. The molecule has 102 valence electrons. The number of rotatable bonds is 2. The Morgan fingerprint density at radius 2 is 1.75 bits per heavy atom. The van der Waals surface area contributed by atoms with Gasteiger partial charge in [-0.05, 0) is 36.2 Å². The lowest BCUT2D eigenvalue weighted by Crippen LogP contribution is -2.28. The summed E-state index contributed by atoms with van der Waals surface area (Å²) < 4.78 is 0. The van der Waals surface area contributed by atoms with Crippen LogP contribution in [0.3, 0.4) is 0 Å². The van der Waals surface area contributed by atoms with E-state index in [4.69, 9.17) is 0 Å². The summed E-state index contributed by atoms with van der Waals surface area (Å²) in [6.45, 7) is 1.56. The predicted octanol–water partition coefficient (Wildman–Crippen LogP) is 3.02. The molecule has 2 aromatic rings. The Balaban J connectivity index is 1.71. The zero-order chi connectivity index (χ0) is 13.9. The molecule has 0 radical (unpaired) electrons. The highest BCUT2D eigenvalue weighted by Crippen LogP contribution is 2.28. The maximum atomic E-state index is 12.4. The van der Waals surface area contributed by atoms with Gasteiger partial charge in [-0.3, -0.25) is 4.79 Å². The quantitative estimate of drug-likeness (QED) is 0.908. The number of benzene rings is 2. The van der Waals surface area contributed by atoms with Crippen LogP contribution in [-0.2, 0) is 0 Å². The molecule has 1 atom stereocenters. The number of carbonyl (C=O) groups is 1. The Morgan fingerprint density at radius 3 is 2.45 bits per heavy atom. The Labute approximate surface area is 118 Å². The molecule has 3 nitrogen and oxygen atoms in total. The number of amides is 1. The number of phenolic OH excluding ortho intramolecular Hbond substituents is 1. The maximum absolute atomic E-state index is 12.4. The van der Waals surface area contributed by atoms with Crippen molar-refractivity contribution in [2.45, 2.75) is 12.3 Å². The third-order valence-corrected chi connectivity index (χ3v) is 3.86. The van der Waals surface area contributed by atoms with Gasteiger partial charge in [0.2, 0.25) is 0 Å². The minimum atomic E-state index is 0.0448. The summed E-state index contributed by atoms with van der Waals surface area (Å²) in [5, 5.41) is 9.27. The van der Waals surface area contributed by atoms with Crippen LogP contribution in [0.15, 0.2) is 54.6 Å². The monoisotopic (exact) mass is 267 g/mol. The number of aromatic hydroxyl groups is 1. The van der Waals surface area contributed by atoms with Crippen molar-refractivity contribution in [3.8, 4) is 5.75 Å². The van der Waals surface area contributed by atoms with Crippen LogP contribution in [0.25, 0.3) is 0 Å². The van der Waals surface area contributed by atoms with Crippen molar-refractivity contribution < 1.29 is 9.90 Å². The van der Waals surface area contributed by atoms with Gasteiger partial charge in [0.05, 0.1) is 0 Å². The van der Waals surface area contributed by atoms with Gasteiger partial charge in [0.15, 0.2) is 0 Å². The van der Waals surface area contributed by atoms with Crippen molar-refractivity contribution in [2.75, 3.05) is 13.1 Å². The fourth-order valence-electron chi connectivity index (χ4n) is 2.73. The smallest absolute Gasteiger partial charge is 0.253 e. The number of nitrogens with zero attached hydrogens (tertiary/aromatic N) is 1. The average molecular weight is 267 g/mol. The second kappa shape index (κ2) is 5.37. The van der Waals surface area contributed by atoms with E-state index < -0.39 is 0 Å². The minimum Gasteiger partial charge on any atom is -0.508 e. The van der Waals surface area contributed by atoms with E-state index in [2.05, 4.69) is 12.1 Å². The number of phenols is 1. The highest BCUT2D eigenvalue weighted by molar-refractivity contribution is 5.94. The summed E-state index contributed by atoms with van der Waals surface area (Å²) in [6, 6.07) is 16.8. The van der Waals surface area contributed by atoms with Crippen molar-refractivity contribution in [2.24, 2.45) is 0 Å². The van der Waals surface area contributed by atoms with Crippen LogP contribution in [0.1, 0.15) is 28.3 Å². The molecule has 0 aromatic heterocycles. The molecule has 2 aromatic carbocycles.